The van der Waals surface area contributed by atoms with Crippen molar-refractivity contribution >= 4 is 5.97 Å². The molecule has 0 atom stereocenters. The van der Waals surface area contributed by atoms with Crippen LogP contribution in [0.25, 0.3) is 0 Å². The Bertz CT molecular complexity index is 324. The van der Waals surface area contributed by atoms with E-state index in [0.717, 1.165) is 0 Å². The molecule has 0 amide bonds. The van der Waals surface area contributed by atoms with E-state index >= 15 is 0 Å². The molecule has 1 aromatic heterocycles. The van der Waals surface area contributed by atoms with Gasteiger partial charge in [-0.15, -0.1) is 0 Å². The van der Waals surface area contributed by atoms with Crippen LogP contribution in [0.4, 0.5) is 0 Å². The standard InChI is InChI=1S/C10H13NO3/c1-10(2,3)14-9(12)8-4-6-11(13)7-5-8/h4-7H,1-3H3. The quantitative estimate of drug-likeness (QED) is 0.385. The molecule has 0 N–H and O–H groups in total. The fraction of sp³-hybridized carbons (Fsp3) is 0.400. The highest BCUT2D eigenvalue weighted by atomic mass is 16.6. The molecule has 0 spiro atoms. The molecule has 0 aliphatic carbocycles. The van der Waals surface area contributed by atoms with Gasteiger partial charge in [0.1, 0.15) is 5.60 Å². The first-order chi connectivity index (χ1) is 6.38. The third-order valence-corrected chi connectivity index (χ3v) is 1.44. The second kappa shape index (κ2) is 3.65. The first-order valence-corrected chi connectivity index (χ1v) is 4.31. The number of carbonyl (C=O) groups excluding carboxylic acids is 1. The van der Waals surface area contributed by atoms with Crippen molar-refractivity contribution < 1.29 is 14.3 Å². The van der Waals surface area contributed by atoms with Gasteiger partial charge in [0.05, 0.1) is 5.56 Å². The van der Waals surface area contributed by atoms with Gasteiger partial charge in [0, 0.05) is 12.1 Å². The normalized spacial score (nSPS) is 11.1. The lowest BCUT2D eigenvalue weighted by molar-refractivity contribution is -0.605. The van der Waals surface area contributed by atoms with Crippen molar-refractivity contribution in [3.05, 3.63) is 35.3 Å². The van der Waals surface area contributed by atoms with Gasteiger partial charge >= 0.3 is 5.97 Å². The van der Waals surface area contributed by atoms with Crippen molar-refractivity contribution in [2.45, 2.75) is 26.4 Å². The molecule has 0 saturated carbocycles. The predicted octanol–water partition coefficient (Wildman–Crippen LogP) is 1.28. The molecule has 0 aromatic carbocycles. The summed E-state index contributed by atoms with van der Waals surface area (Å²) in [5, 5.41) is 10.7. The minimum Gasteiger partial charge on any atom is -0.619 e. The van der Waals surface area contributed by atoms with Crippen LogP contribution in [-0.2, 0) is 4.74 Å². The van der Waals surface area contributed by atoms with Crippen LogP contribution in [0.5, 0.6) is 0 Å². The topological polar surface area (TPSA) is 53.2 Å². The number of carbonyl (C=O) groups is 1. The van der Waals surface area contributed by atoms with Crippen LogP contribution in [-0.4, -0.2) is 11.6 Å². The van der Waals surface area contributed by atoms with E-state index in [0.29, 0.717) is 10.3 Å². The highest BCUT2D eigenvalue weighted by Crippen LogP contribution is 2.10. The number of aromatic nitrogens is 1. The summed E-state index contributed by atoms with van der Waals surface area (Å²) in [6.45, 7) is 5.38. The molecule has 0 aliphatic heterocycles. The number of ether oxygens (including phenoxy) is 1. The van der Waals surface area contributed by atoms with E-state index in [1.165, 1.54) is 24.5 Å². The molecular formula is C10H13NO3. The van der Waals surface area contributed by atoms with Crippen molar-refractivity contribution in [2.75, 3.05) is 0 Å². The van der Waals surface area contributed by atoms with Crippen LogP contribution in [0.1, 0.15) is 31.1 Å². The fourth-order valence-electron chi connectivity index (χ4n) is 0.886. The van der Waals surface area contributed by atoms with Crippen molar-refractivity contribution in [1.29, 1.82) is 0 Å². The molecule has 0 aliphatic rings. The third kappa shape index (κ3) is 3.05. The van der Waals surface area contributed by atoms with E-state index in [2.05, 4.69) is 0 Å². The molecular weight excluding hydrogens is 182 g/mol. The molecule has 0 bridgehead atoms. The molecule has 1 rings (SSSR count). The Morgan fingerprint density at radius 2 is 1.86 bits per heavy atom. The zero-order valence-electron chi connectivity index (χ0n) is 8.48. The van der Waals surface area contributed by atoms with Crippen LogP contribution in [0.15, 0.2) is 24.5 Å². The summed E-state index contributed by atoms with van der Waals surface area (Å²) in [7, 11) is 0. The van der Waals surface area contributed by atoms with Gasteiger partial charge in [-0.3, -0.25) is 0 Å². The maximum atomic E-state index is 11.4. The number of hydrogen-bond acceptors (Lipinski definition) is 3. The lowest BCUT2D eigenvalue weighted by Crippen LogP contribution is -2.27. The molecule has 4 heteroatoms. The van der Waals surface area contributed by atoms with Crippen LogP contribution in [0, 0.1) is 5.21 Å². The lowest BCUT2D eigenvalue weighted by atomic mass is 10.2. The Morgan fingerprint density at radius 1 is 1.36 bits per heavy atom. The molecule has 0 unspecified atom stereocenters. The lowest BCUT2D eigenvalue weighted by Gasteiger charge is -2.19. The molecule has 0 fully saturated rings. The highest BCUT2D eigenvalue weighted by molar-refractivity contribution is 5.89. The smallest absolute Gasteiger partial charge is 0.339 e. The van der Waals surface area contributed by atoms with Crippen LogP contribution < -0.4 is 4.73 Å². The predicted molar refractivity (Wildman–Crippen MR) is 50.6 cm³/mol. The van der Waals surface area contributed by atoms with Crippen LogP contribution in [0.3, 0.4) is 0 Å². The minimum atomic E-state index is -0.514. The zero-order valence-corrected chi connectivity index (χ0v) is 8.48. The number of esters is 1. The number of hydrogen-bond donors (Lipinski definition) is 0. The van der Waals surface area contributed by atoms with Crippen molar-refractivity contribution in [2.24, 2.45) is 0 Å². The van der Waals surface area contributed by atoms with Gasteiger partial charge in [-0.25, -0.2) is 4.79 Å². The first-order valence-electron chi connectivity index (χ1n) is 4.31. The van der Waals surface area contributed by atoms with Gasteiger partial charge in [0.2, 0.25) is 0 Å². The van der Waals surface area contributed by atoms with E-state index in [1.54, 1.807) is 20.8 Å². The second-order valence-electron chi connectivity index (χ2n) is 3.95. The van der Waals surface area contributed by atoms with E-state index in [-0.39, 0.29) is 0 Å². The average Bonchev–Trinajstić information content (AvgIpc) is 2.02. The zero-order chi connectivity index (χ0) is 10.8. The van der Waals surface area contributed by atoms with E-state index in [1.807, 2.05) is 0 Å². The van der Waals surface area contributed by atoms with Gasteiger partial charge < -0.3 is 9.94 Å². The Morgan fingerprint density at radius 3 is 2.29 bits per heavy atom. The van der Waals surface area contributed by atoms with Crippen molar-refractivity contribution in [1.82, 2.24) is 0 Å². The number of nitrogens with zero attached hydrogens (tertiary/aromatic N) is 1. The largest absolute Gasteiger partial charge is 0.619 e. The summed E-state index contributed by atoms with van der Waals surface area (Å²) >= 11 is 0. The van der Waals surface area contributed by atoms with Gasteiger partial charge in [-0.05, 0) is 20.8 Å². The third-order valence-electron chi connectivity index (χ3n) is 1.44. The Kier molecular flexibility index (Phi) is 2.74. The SMILES string of the molecule is CC(C)(C)OC(=O)c1cc[n+]([O-])cc1. The molecule has 1 heterocycles. The maximum absolute atomic E-state index is 11.4. The maximum Gasteiger partial charge on any atom is 0.339 e. The van der Waals surface area contributed by atoms with Crippen molar-refractivity contribution in [3.63, 3.8) is 0 Å². The van der Waals surface area contributed by atoms with Gasteiger partial charge in [-0.2, -0.15) is 4.73 Å². The monoisotopic (exact) mass is 195 g/mol. The van der Waals surface area contributed by atoms with E-state index in [9.17, 15) is 10.0 Å². The van der Waals surface area contributed by atoms with Crippen molar-refractivity contribution in [3.8, 4) is 0 Å². The Balaban J connectivity index is 2.76. The van der Waals surface area contributed by atoms with E-state index in [4.69, 9.17) is 4.74 Å². The summed E-state index contributed by atoms with van der Waals surface area (Å²) in [6.07, 6.45) is 2.53. The van der Waals surface area contributed by atoms with Crippen LogP contribution >= 0.6 is 0 Å². The minimum absolute atomic E-state index is 0.382. The fourth-order valence-corrected chi connectivity index (χ4v) is 0.886. The second-order valence-corrected chi connectivity index (χ2v) is 3.95. The summed E-state index contributed by atoms with van der Waals surface area (Å²) in [5.74, 6) is -0.418. The molecule has 4 nitrogen and oxygen atoms in total. The molecule has 0 saturated heterocycles. The Hall–Kier alpha value is -1.58. The molecule has 76 valence electrons. The highest BCUT2D eigenvalue weighted by Gasteiger charge is 2.17. The number of pyridine rings is 1. The average molecular weight is 195 g/mol. The van der Waals surface area contributed by atoms with Crippen LogP contribution in [0.2, 0.25) is 0 Å². The summed E-state index contributed by atoms with van der Waals surface area (Å²) < 4.78 is 5.73. The van der Waals surface area contributed by atoms with Gasteiger partial charge in [0.15, 0.2) is 12.4 Å². The summed E-state index contributed by atoms with van der Waals surface area (Å²) in [6, 6.07) is 2.86. The summed E-state index contributed by atoms with van der Waals surface area (Å²) in [5.41, 5.74) is -0.132. The first kappa shape index (κ1) is 10.5. The van der Waals surface area contributed by atoms with Gasteiger partial charge in [-0.1, -0.05) is 0 Å². The molecule has 14 heavy (non-hydrogen) atoms. The number of rotatable bonds is 1. The molecule has 1 aromatic rings. The molecule has 0 radical (unpaired) electrons. The van der Waals surface area contributed by atoms with Gasteiger partial charge in [0.25, 0.3) is 0 Å². The Labute approximate surface area is 82.7 Å². The summed E-state index contributed by atoms with van der Waals surface area (Å²) in [4.78, 5) is 11.4. The van der Waals surface area contributed by atoms with E-state index < -0.39 is 11.6 Å².